The first-order valence-electron chi connectivity index (χ1n) is 6.97. The van der Waals surface area contributed by atoms with E-state index in [1.54, 1.807) is 19.6 Å². The lowest BCUT2D eigenvalue weighted by atomic mass is 10.1. The van der Waals surface area contributed by atoms with Crippen molar-refractivity contribution >= 4 is 5.91 Å². The normalized spacial score (nSPS) is 24.7. The predicted molar refractivity (Wildman–Crippen MR) is 70.5 cm³/mol. The number of methoxy groups -OCH3 is 1. The zero-order chi connectivity index (χ0) is 13.3. The number of imidazole rings is 1. The molecule has 5 nitrogen and oxygen atoms in total. The molecule has 0 N–H and O–H groups in total. The fourth-order valence-corrected chi connectivity index (χ4v) is 3.04. The molecule has 1 saturated heterocycles. The quantitative estimate of drug-likeness (QED) is 0.801. The fraction of sp³-hybridized carbons (Fsp3) is 0.714. The highest BCUT2D eigenvalue weighted by Gasteiger charge is 2.52. The molecular formula is C14H21N3O2. The number of amides is 1. The molecule has 3 rings (SSSR count). The summed E-state index contributed by atoms with van der Waals surface area (Å²) in [5, 5.41) is 0. The van der Waals surface area contributed by atoms with Crippen molar-refractivity contribution in [2.45, 2.75) is 25.8 Å². The minimum Gasteiger partial charge on any atom is -0.384 e. The molecule has 2 fully saturated rings. The van der Waals surface area contributed by atoms with Crippen molar-refractivity contribution in [2.75, 3.05) is 26.8 Å². The van der Waals surface area contributed by atoms with Crippen LogP contribution >= 0.6 is 0 Å². The summed E-state index contributed by atoms with van der Waals surface area (Å²) >= 11 is 0. The fourth-order valence-electron chi connectivity index (χ4n) is 3.04. The molecule has 5 heteroatoms. The summed E-state index contributed by atoms with van der Waals surface area (Å²) in [6.45, 7) is 3.28. The number of carbonyl (C=O) groups excluding carboxylic acids is 1. The molecule has 0 unspecified atom stereocenters. The highest BCUT2D eigenvalue weighted by molar-refractivity contribution is 5.85. The van der Waals surface area contributed by atoms with Crippen LogP contribution in [0.3, 0.4) is 0 Å². The van der Waals surface area contributed by atoms with Gasteiger partial charge in [0.1, 0.15) is 0 Å². The third kappa shape index (κ3) is 2.52. The molecule has 104 valence electrons. The second kappa shape index (κ2) is 4.96. The van der Waals surface area contributed by atoms with Crippen LogP contribution in [-0.2, 0) is 16.1 Å². The largest absolute Gasteiger partial charge is 0.384 e. The molecule has 2 aliphatic rings. The van der Waals surface area contributed by atoms with Gasteiger partial charge in [-0.2, -0.15) is 0 Å². The molecule has 1 aromatic heterocycles. The molecule has 0 spiro atoms. The predicted octanol–water partition coefficient (Wildman–Crippen LogP) is 1.16. The summed E-state index contributed by atoms with van der Waals surface area (Å²) < 4.78 is 7.21. The van der Waals surface area contributed by atoms with Gasteiger partial charge >= 0.3 is 0 Å². The Labute approximate surface area is 113 Å². The van der Waals surface area contributed by atoms with Crippen LogP contribution in [0, 0.1) is 11.3 Å². The summed E-state index contributed by atoms with van der Waals surface area (Å²) in [6, 6.07) is 0. The standard InChI is InChI=1S/C14H21N3O2/c1-19-9-12-2-6-17(8-12)13(18)14(3-4-14)10-16-7-5-15-11-16/h5,7,11-12H,2-4,6,8-10H2,1H3/t12-/m0/s1. The van der Waals surface area contributed by atoms with Crippen molar-refractivity contribution in [3.63, 3.8) is 0 Å². The van der Waals surface area contributed by atoms with Gasteiger partial charge in [-0.15, -0.1) is 0 Å². The Kier molecular flexibility index (Phi) is 3.31. The highest BCUT2D eigenvalue weighted by Crippen LogP contribution is 2.49. The number of rotatable bonds is 5. The first-order chi connectivity index (χ1) is 9.23. The van der Waals surface area contributed by atoms with Gasteiger partial charge in [0.2, 0.25) is 5.91 Å². The summed E-state index contributed by atoms with van der Waals surface area (Å²) in [4.78, 5) is 18.7. The Bertz CT molecular complexity index is 440. The van der Waals surface area contributed by atoms with E-state index in [1.807, 2.05) is 15.7 Å². The van der Waals surface area contributed by atoms with Gasteiger partial charge < -0.3 is 14.2 Å². The van der Waals surface area contributed by atoms with Crippen molar-refractivity contribution in [2.24, 2.45) is 11.3 Å². The Hall–Kier alpha value is -1.36. The molecule has 1 aliphatic heterocycles. The summed E-state index contributed by atoms with van der Waals surface area (Å²) in [7, 11) is 1.73. The van der Waals surface area contributed by atoms with Crippen LogP contribution in [0.1, 0.15) is 19.3 Å². The number of hydrogen-bond donors (Lipinski definition) is 0. The second-order valence-electron chi connectivity index (χ2n) is 5.88. The van der Waals surface area contributed by atoms with E-state index in [1.165, 1.54) is 0 Å². The summed E-state index contributed by atoms with van der Waals surface area (Å²) in [6.07, 6.45) is 8.59. The molecule has 1 saturated carbocycles. The molecular weight excluding hydrogens is 242 g/mol. The number of carbonyl (C=O) groups is 1. The molecule has 0 aromatic carbocycles. The second-order valence-corrected chi connectivity index (χ2v) is 5.88. The Morgan fingerprint density at radius 2 is 2.37 bits per heavy atom. The lowest BCUT2D eigenvalue weighted by Crippen LogP contribution is -2.37. The van der Waals surface area contributed by atoms with E-state index in [2.05, 4.69) is 4.98 Å². The molecule has 19 heavy (non-hydrogen) atoms. The molecule has 0 radical (unpaired) electrons. The minimum atomic E-state index is -0.150. The van der Waals surface area contributed by atoms with Gasteiger partial charge in [0.15, 0.2) is 0 Å². The summed E-state index contributed by atoms with van der Waals surface area (Å²) in [5.74, 6) is 0.845. The van der Waals surface area contributed by atoms with Gasteiger partial charge in [-0.25, -0.2) is 4.98 Å². The zero-order valence-electron chi connectivity index (χ0n) is 11.4. The van der Waals surface area contributed by atoms with E-state index >= 15 is 0 Å². The van der Waals surface area contributed by atoms with Crippen LogP contribution in [0.25, 0.3) is 0 Å². The zero-order valence-corrected chi connectivity index (χ0v) is 11.4. The molecule has 0 bridgehead atoms. The Morgan fingerprint density at radius 1 is 1.53 bits per heavy atom. The van der Waals surface area contributed by atoms with Gasteiger partial charge in [-0.1, -0.05) is 0 Å². The third-order valence-corrected chi connectivity index (χ3v) is 4.33. The molecule has 2 heterocycles. The first kappa shape index (κ1) is 12.7. The number of aromatic nitrogens is 2. The van der Waals surface area contributed by atoms with Crippen LogP contribution in [0.4, 0.5) is 0 Å². The topological polar surface area (TPSA) is 47.4 Å². The Morgan fingerprint density at radius 3 is 3.00 bits per heavy atom. The van der Waals surface area contributed by atoms with Crippen molar-refractivity contribution in [3.8, 4) is 0 Å². The van der Waals surface area contributed by atoms with E-state index in [4.69, 9.17) is 4.74 Å². The summed E-state index contributed by atoms with van der Waals surface area (Å²) in [5.41, 5.74) is -0.150. The highest BCUT2D eigenvalue weighted by atomic mass is 16.5. The monoisotopic (exact) mass is 263 g/mol. The van der Waals surface area contributed by atoms with Crippen molar-refractivity contribution in [1.82, 2.24) is 14.5 Å². The van der Waals surface area contributed by atoms with Crippen LogP contribution in [-0.4, -0.2) is 47.2 Å². The number of hydrogen-bond acceptors (Lipinski definition) is 3. The SMILES string of the molecule is COC[C@H]1CCN(C(=O)C2(Cn3ccnc3)CC2)C1. The lowest BCUT2D eigenvalue weighted by molar-refractivity contribution is -0.136. The first-order valence-corrected chi connectivity index (χ1v) is 6.97. The van der Waals surface area contributed by atoms with Crippen molar-refractivity contribution in [3.05, 3.63) is 18.7 Å². The average Bonchev–Trinajstić information content (AvgIpc) is 2.81. The van der Waals surface area contributed by atoms with E-state index in [9.17, 15) is 4.79 Å². The number of likely N-dealkylation sites (tertiary alicyclic amines) is 1. The Balaban J connectivity index is 1.61. The van der Waals surface area contributed by atoms with Gasteiger partial charge in [0.05, 0.1) is 18.3 Å². The van der Waals surface area contributed by atoms with Crippen LogP contribution < -0.4 is 0 Å². The van der Waals surface area contributed by atoms with E-state index < -0.39 is 0 Å². The van der Waals surface area contributed by atoms with Gasteiger partial charge in [0.25, 0.3) is 0 Å². The maximum atomic E-state index is 12.7. The van der Waals surface area contributed by atoms with E-state index in [0.717, 1.165) is 45.5 Å². The van der Waals surface area contributed by atoms with Crippen LogP contribution in [0.5, 0.6) is 0 Å². The molecule has 1 atom stereocenters. The number of ether oxygens (including phenoxy) is 1. The van der Waals surface area contributed by atoms with Crippen molar-refractivity contribution < 1.29 is 9.53 Å². The maximum absolute atomic E-state index is 12.7. The lowest BCUT2D eigenvalue weighted by Gasteiger charge is -2.23. The van der Waals surface area contributed by atoms with Gasteiger partial charge in [0, 0.05) is 45.1 Å². The van der Waals surface area contributed by atoms with Crippen LogP contribution in [0.2, 0.25) is 0 Å². The molecule has 1 aliphatic carbocycles. The third-order valence-electron chi connectivity index (χ3n) is 4.33. The maximum Gasteiger partial charge on any atom is 0.230 e. The van der Waals surface area contributed by atoms with E-state index in [-0.39, 0.29) is 5.41 Å². The molecule has 1 amide bonds. The van der Waals surface area contributed by atoms with Gasteiger partial charge in [-0.05, 0) is 19.3 Å². The number of nitrogens with zero attached hydrogens (tertiary/aromatic N) is 3. The van der Waals surface area contributed by atoms with Crippen LogP contribution in [0.15, 0.2) is 18.7 Å². The van der Waals surface area contributed by atoms with E-state index in [0.29, 0.717) is 11.8 Å². The van der Waals surface area contributed by atoms with Crippen molar-refractivity contribution in [1.29, 1.82) is 0 Å². The molecule has 1 aromatic rings. The smallest absolute Gasteiger partial charge is 0.230 e. The minimum absolute atomic E-state index is 0.150. The van der Waals surface area contributed by atoms with Gasteiger partial charge in [-0.3, -0.25) is 4.79 Å². The average molecular weight is 263 g/mol.